The normalized spacial score (nSPS) is 10.5. The zero-order valence-corrected chi connectivity index (χ0v) is 11.4. The number of benzene rings is 2. The van der Waals surface area contributed by atoms with E-state index in [4.69, 9.17) is 16.2 Å². The van der Waals surface area contributed by atoms with Gasteiger partial charge in [0.2, 0.25) is 0 Å². The minimum absolute atomic E-state index is 0.564. The summed E-state index contributed by atoms with van der Waals surface area (Å²) in [5, 5.41) is 11.8. The molecule has 0 saturated heterocycles. The van der Waals surface area contributed by atoms with E-state index in [9.17, 15) is 0 Å². The van der Waals surface area contributed by atoms with Gasteiger partial charge in [-0.1, -0.05) is 0 Å². The number of aromatic nitrogens is 4. The molecule has 7 heteroatoms. The Kier molecular flexibility index (Phi) is 3.15. The van der Waals surface area contributed by atoms with E-state index in [-0.39, 0.29) is 0 Å². The summed E-state index contributed by atoms with van der Waals surface area (Å²) in [6, 6.07) is 12.7. The van der Waals surface area contributed by atoms with Crippen LogP contribution in [0.25, 0.3) is 17.1 Å². The predicted octanol–water partition coefficient (Wildman–Crippen LogP) is 1.50. The summed E-state index contributed by atoms with van der Waals surface area (Å²) in [5.41, 5.74) is 14.3. The Hall–Kier alpha value is -3.09. The van der Waals surface area contributed by atoms with Crippen molar-refractivity contribution in [3.8, 4) is 22.8 Å². The second-order valence-corrected chi connectivity index (χ2v) is 4.50. The van der Waals surface area contributed by atoms with Crippen LogP contribution in [-0.4, -0.2) is 27.3 Å². The molecule has 0 spiro atoms. The van der Waals surface area contributed by atoms with Gasteiger partial charge < -0.3 is 16.2 Å². The second-order valence-electron chi connectivity index (χ2n) is 4.50. The van der Waals surface area contributed by atoms with Crippen LogP contribution < -0.4 is 16.2 Å². The minimum atomic E-state index is 0.564. The van der Waals surface area contributed by atoms with E-state index in [0.29, 0.717) is 17.2 Å². The SMILES string of the molecule is COc1ccc(-n2nnnc2-c2cc(N)cc(N)c2)cc1. The van der Waals surface area contributed by atoms with Crippen LogP contribution in [0.5, 0.6) is 5.75 Å². The van der Waals surface area contributed by atoms with Gasteiger partial charge in [-0.25, -0.2) is 0 Å². The molecule has 0 saturated carbocycles. The van der Waals surface area contributed by atoms with Crippen molar-refractivity contribution in [2.45, 2.75) is 0 Å². The quantitative estimate of drug-likeness (QED) is 0.705. The van der Waals surface area contributed by atoms with Crippen molar-refractivity contribution in [3.05, 3.63) is 42.5 Å². The Bertz CT molecular complexity index is 745. The molecule has 0 aliphatic carbocycles. The number of ether oxygens (including phenoxy) is 1. The van der Waals surface area contributed by atoms with Crippen LogP contribution in [0.15, 0.2) is 42.5 Å². The molecule has 106 valence electrons. The fourth-order valence-corrected chi connectivity index (χ4v) is 2.07. The molecule has 0 aliphatic rings. The lowest BCUT2D eigenvalue weighted by molar-refractivity contribution is 0.414. The summed E-state index contributed by atoms with van der Waals surface area (Å²) < 4.78 is 6.76. The summed E-state index contributed by atoms with van der Waals surface area (Å²) in [4.78, 5) is 0. The van der Waals surface area contributed by atoms with Crippen LogP contribution in [0, 0.1) is 0 Å². The van der Waals surface area contributed by atoms with Gasteiger partial charge in [0.25, 0.3) is 0 Å². The van der Waals surface area contributed by atoms with Gasteiger partial charge in [-0.15, -0.1) is 5.10 Å². The number of nitrogen functional groups attached to an aromatic ring is 2. The van der Waals surface area contributed by atoms with Crippen LogP contribution in [0.3, 0.4) is 0 Å². The van der Waals surface area contributed by atoms with Gasteiger partial charge in [0, 0.05) is 16.9 Å². The van der Waals surface area contributed by atoms with E-state index in [1.54, 1.807) is 30.0 Å². The minimum Gasteiger partial charge on any atom is -0.497 e. The van der Waals surface area contributed by atoms with Crippen molar-refractivity contribution in [1.82, 2.24) is 20.2 Å². The number of rotatable bonds is 3. The van der Waals surface area contributed by atoms with Crippen LogP contribution in [0.2, 0.25) is 0 Å². The molecule has 4 N–H and O–H groups in total. The van der Waals surface area contributed by atoms with Gasteiger partial charge >= 0.3 is 0 Å². The average Bonchev–Trinajstić information content (AvgIpc) is 2.96. The van der Waals surface area contributed by atoms with Crippen LogP contribution in [0.4, 0.5) is 11.4 Å². The Morgan fingerprint density at radius 1 is 1.00 bits per heavy atom. The Labute approximate surface area is 121 Å². The molecule has 3 rings (SSSR count). The third kappa shape index (κ3) is 2.48. The number of tetrazole rings is 1. The number of nitrogens with two attached hydrogens (primary N) is 2. The summed E-state index contributed by atoms with van der Waals surface area (Å²) in [5.74, 6) is 1.33. The number of anilines is 2. The molecule has 1 aromatic heterocycles. The molecule has 0 unspecified atom stereocenters. The average molecular weight is 282 g/mol. The van der Waals surface area contributed by atoms with Crippen molar-refractivity contribution in [2.75, 3.05) is 18.6 Å². The highest BCUT2D eigenvalue weighted by molar-refractivity contribution is 5.68. The smallest absolute Gasteiger partial charge is 0.187 e. The first kappa shape index (κ1) is 12.9. The molecule has 7 nitrogen and oxygen atoms in total. The molecule has 0 amide bonds. The van der Waals surface area contributed by atoms with Gasteiger partial charge in [0.1, 0.15) is 5.75 Å². The number of methoxy groups -OCH3 is 1. The second kappa shape index (κ2) is 5.12. The Balaban J connectivity index is 2.07. The van der Waals surface area contributed by atoms with E-state index < -0.39 is 0 Å². The van der Waals surface area contributed by atoms with Crippen molar-refractivity contribution in [1.29, 1.82) is 0 Å². The molecule has 21 heavy (non-hydrogen) atoms. The lowest BCUT2D eigenvalue weighted by atomic mass is 10.1. The number of nitrogens with zero attached hydrogens (tertiary/aromatic N) is 4. The van der Waals surface area contributed by atoms with Crippen LogP contribution >= 0.6 is 0 Å². The number of hydrogen-bond acceptors (Lipinski definition) is 6. The van der Waals surface area contributed by atoms with Gasteiger partial charge in [0.15, 0.2) is 5.82 Å². The third-order valence-corrected chi connectivity index (χ3v) is 3.02. The first-order valence-corrected chi connectivity index (χ1v) is 6.26. The molecule has 0 fully saturated rings. The Morgan fingerprint density at radius 2 is 1.67 bits per heavy atom. The third-order valence-electron chi connectivity index (χ3n) is 3.02. The van der Waals surface area contributed by atoms with Crippen molar-refractivity contribution < 1.29 is 4.74 Å². The maximum absolute atomic E-state index is 5.82. The highest BCUT2D eigenvalue weighted by Gasteiger charge is 2.12. The molecule has 1 heterocycles. The molecule has 0 atom stereocenters. The lowest BCUT2D eigenvalue weighted by Crippen LogP contribution is -2.01. The van der Waals surface area contributed by atoms with Gasteiger partial charge in [-0.2, -0.15) is 4.68 Å². The van der Waals surface area contributed by atoms with Crippen molar-refractivity contribution in [2.24, 2.45) is 0 Å². The van der Waals surface area contributed by atoms with E-state index in [2.05, 4.69) is 15.5 Å². The maximum Gasteiger partial charge on any atom is 0.187 e. The van der Waals surface area contributed by atoms with E-state index in [1.165, 1.54) is 0 Å². The molecule has 0 bridgehead atoms. The van der Waals surface area contributed by atoms with Crippen molar-refractivity contribution in [3.63, 3.8) is 0 Å². The summed E-state index contributed by atoms with van der Waals surface area (Å²) in [6.07, 6.45) is 0. The van der Waals surface area contributed by atoms with E-state index >= 15 is 0 Å². The molecular formula is C14H14N6O. The largest absolute Gasteiger partial charge is 0.497 e. The number of hydrogen-bond donors (Lipinski definition) is 2. The van der Waals surface area contributed by atoms with Gasteiger partial charge in [-0.05, 0) is 52.9 Å². The summed E-state index contributed by atoms with van der Waals surface area (Å²) >= 11 is 0. The first-order valence-electron chi connectivity index (χ1n) is 6.26. The molecule has 0 aliphatic heterocycles. The molecule has 2 aromatic carbocycles. The highest BCUT2D eigenvalue weighted by Crippen LogP contribution is 2.25. The zero-order chi connectivity index (χ0) is 14.8. The summed E-state index contributed by atoms with van der Waals surface area (Å²) in [7, 11) is 1.62. The monoisotopic (exact) mass is 282 g/mol. The van der Waals surface area contributed by atoms with Gasteiger partial charge in [0.05, 0.1) is 12.8 Å². The summed E-state index contributed by atoms with van der Waals surface area (Å²) in [6.45, 7) is 0. The predicted molar refractivity (Wildman–Crippen MR) is 80.0 cm³/mol. The maximum atomic E-state index is 5.82. The Morgan fingerprint density at radius 3 is 2.29 bits per heavy atom. The van der Waals surface area contributed by atoms with E-state index in [0.717, 1.165) is 17.0 Å². The van der Waals surface area contributed by atoms with Crippen molar-refractivity contribution >= 4 is 11.4 Å². The zero-order valence-electron chi connectivity index (χ0n) is 11.4. The highest BCUT2D eigenvalue weighted by atomic mass is 16.5. The lowest BCUT2D eigenvalue weighted by Gasteiger charge is -2.07. The molecule has 3 aromatic rings. The standard InChI is InChI=1S/C14H14N6O/c1-21-13-4-2-12(3-5-13)20-14(17-18-19-20)9-6-10(15)8-11(16)7-9/h2-8H,15-16H2,1H3. The molecular weight excluding hydrogens is 268 g/mol. The fourth-order valence-electron chi connectivity index (χ4n) is 2.07. The fraction of sp³-hybridized carbons (Fsp3) is 0.0714. The van der Waals surface area contributed by atoms with Gasteiger partial charge in [-0.3, -0.25) is 0 Å². The van der Waals surface area contributed by atoms with E-state index in [1.807, 2.05) is 24.3 Å². The van der Waals surface area contributed by atoms with Crippen LogP contribution in [-0.2, 0) is 0 Å². The molecule has 0 radical (unpaired) electrons. The first-order chi connectivity index (χ1) is 10.2. The topological polar surface area (TPSA) is 105 Å². The van der Waals surface area contributed by atoms with Crippen LogP contribution in [0.1, 0.15) is 0 Å².